The van der Waals surface area contributed by atoms with E-state index in [0.29, 0.717) is 5.89 Å². The number of hydrogen-bond donors (Lipinski definition) is 0. The van der Waals surface area contributed by atoms with Crippen molar-refractivity contribution < 1.29 is 9.15 Å². The molecule has 4 aromatic rings. The van der Waals surface area contributed by atoms with Crippen LogP contribution in [0.4, 0.5) is 5.82 Å². The highest BCUT2D eigenvalue weighted by atomic mass is 16.5. The third kappa shape index (κ3) is 5.07. The van der Waals surface area contributed by atoms with Crippen molar-refractivity contribution in [3.05, 3.63) is 89.9 Å². The van der Waals surface area contributed by atoms with E-state index in [1.807, 2.05) is 74.5 Å². The van der Waals surface area contributed by atoms with Crippen LogP contribution in [0.2, 0.25) is 0 Å². The zero-order valence-electron chi connectivity index (χ0n) is 19.1. The summed E-state index contributed by atoms with van der Waals surface area (Å²) < 4.78 is 12.0. The van der Waals surface area contributed by atoms with Gasteiger partial charge in [-0.15, -0.1) is 0 Å². The topological polar surface area (TPSA) is 54.6 Å². The van der Waals surface area contributed by atoms with Gasteiger partial charge in [0.1, 0.15) is 23.1 Å². The monoisotopic (exact) mass is 440 g/mol. The Morgan fingerprint density at radius 1 is 0.818 bits per heavy atom. The summed E-state index contributed by atoms with van der Waals surface area (Å²) in [6.07, 6.45) is 0. The molecule has 6 heteroatoms. The van der Waals surface area contributed by atoms with Gasteiger partial charge < -0.3 is 14.1 Å². The number of rotatable bonds is 6. The lowest BCUT2D eigenvalue weighted by atomic mass is 10.2. The summed E-state index contributed by atoms with van der Waals surface area (Å²) in [5.41, 5.74) is 2.95. The van der Waals surface area contributed by atoms with Gasteiger partial charge in [-0.3, -0.25) is 4.90 Å². The van der Waals surface area contributed by atoms with Crippen LogP contribution in [0.3, 0.4) is 0 Å². The van der Waals surface area contributed by atoms with Crippen molar-refractivity contribution in [2.24, 2.45) is 0 Å². The second-order valence-corrected chi connectivity index (χ2v) is 8.37. The lowest BCUT2D eigenvalue weighted by Gasteiger charge is -2.35. The first-order valence-electron chi connectivity index (χ1n) is 11.3. The number of piperazine rings is 1. The number of ether oxygens (including phenoxy) is 1. The van der Waals surface area contributed by atoms with Crippen molar-refractivity contribution in [2.75, 3.05) is 31.1 Å². The average molecular weight is 441 g/mol. The number of anilines is 1. The summed E-state index contributed by atoms with van der Waals surface area (Å²) in [5, 5.41) is 0. The molecule has 2 aromatic carbocycles. The van der Waals surface area contributed by atoms with Crippen LogP contribution in [-0.4, -0.2) is 41.0 Å². The molecule has 6 nitrogen and oxygen atoms in total. The van der Waals surface area contributed by atoms with E-state index < -0.39 is 0 Å². The highest BCUT2D eigenvalue weighted by molar-refractivity contribution is 5.57. The maximum atomic E-state index is 6.04. The summed E-state index contributed by atoms with van der Waals surface area (Å²) >= 11 is 0. The first-order valence-corrected chi connectivity index (χ1v) is 11.3. The van der Waals surface area contributed by atoms with Crippen LogP contribution in [0.15, 0.2) is 77.2 Å². The Kier molecular flexibility index (Phi) is 6.09. The van der Waals surface area contributed by atoms with E-state index in [9.17, 15) is 0 Å². The van der Waals surface area contributed by atoms with Crippen LogP contribution in [0.25, 0.3) is 11.5 Å². The van der Waals surface area contributed by atoms with Gasteiger partial charge in [0.2, 0.25) is 5.89 Å². The van der Waals surface area contributed by atoms with E-state index in [0.717, 1.165) is 72.8 Å². The van der Waals surface area contributed by atoms with Gasteiger partial charge in [0.15, 0.2) is 0 Å². The smallest absolute Gasteiger partial charge is 0.226 e. The largest absolute Gasteiger partial charge is 0.457 e. The number of benzene rings is 2. The third-order valence-corrected chi connectivity index (χ3v) is 5.90. The Balaban J connectivity index is 1.24. The predicted molar refractivity (Wildman–Crippen MR) is 130 cm³/mol. The average Bonchev–Trinajstić information content (AvgIpc) is 3.20. The number of pyridine rings is 1. The Morgan fingerprint density at radius 3 is 2.36 bits per heavy atom. The zero-order chi connectivity index (χ0) is 22.6. The number of oxazole rings is 1. The molecule has 0 amide bonds. The first kappa shape index (κ1) is 21.2. The number of para-hydroxylation sites is 1. The molecule has 33 heavy (non-hydrogen) atoms. The van der Waals surface area contributed by atoms with Crippen LogP contribution >= 0.6 is 0 Å². The quantitative estimate of drug-likeness (QED) is 0.396. The van der Waals surface area contributed by atoms with Crippen LogP contribution < -0.4 is 9.64 Å². The fraction of sp³-hybridized carbons (Fsp3) is 0.259. The number of aryl methyl sites for hydroxylation is 2. The molecule has 168 valence electrons. The van der Waals surface area contributed by atoms with Crippen molar-refractivity contribution in [3.63, 3.8) is 0 Å². The maximum Gasteiger partial charge on any atom is 0.226 e. The molecule has 1 saturated heterocycles. The number of hydrogen-bond acceptors (Lipinski definition) is 6. The molecule has 0 aliphatic carbocycles. The fourth-order valence-corrected chi connectivity index (χ4v) is 4.07. The Hall–Kier alpha value is -3.64. The Bertz CT molecular complexity index is 1210. The molecule has 3 heterocycles. The molecule has 0 saturated carbocycles. The summed E-state index contributed by atoms with van der Waals surface area (Å²) in [4.78, 5) is 14.3. The van der Waals surface area contributed by atoms with E-state index in [1.165, 1.54) is 0 Å². The van der Waals surface area contributed by atoms with Gasteiger partial charge >= 0.3 is 0 Å². The minimum atomic E-state index is 0.628. The van der Waals surface area contributed by atoms with E-state index in [1.54, 1.807) is 0 Å². The van der Waals surface area contributed by atoms with E-state index in [2.05, 4.69) is 26.9 Å². The second kappa shape index (κ2) is 9.46. The zero-order valence-corrected chi connectivity index (χ0v) is 19.1. The lowest BCUT2D eigenvalue weighted by Crippen LogP contribution is -2.46. The summed E-state index contributed by atoms with van der Waals surface area (Å²) in [5.74, 6) is 4.12. The van der Waals surface area contributed by atoms with Crippen molar-refractivity contribution >= 4 is 5.82 Å². The van der Waals surface area contributed by atoms with Gasteiger partial charge in [0.25, 0.3) is 0 Å². The fourth-order valence-electron chi connectivity index (χ4n) is 4.07. The molecule has 1 aliphatic rings. The van der Waals surface area contributed by atoms with E-state index in [4.69, 9.17) is 14.1 Å². The molecule has 0 atom stereocenters. The molecule has 1 fully saturated rings. The van der Waals surface area contributed by atoms with Gasteiger partial charge in [-0.05, 0) is 56.3 Å². The molecule has 5 rings (SSSR count). The molecule has 0 radical (unpaired) electrons. The maximum absolute atomic E-state index is 6.04. The Morgan fingerprint density at radius 2 is 1.58 bits per heavy atom. The van der Waals surface area contributed by atoms with Gasteiger partial charge in [-0.2, -0.15) is 0 Å². The van der Waals surface area contributed by atoms with Gasteiger partial charge in [0.05, 0.1) is 5.69 Å². The van der Waals surface area contributed by atoms with Crippen molar-refractivity contribution in [1.82, 2.24) is 14.9 Å². The lowest BCUT2D eigenvalue weighted by molar-refractivity contribution is 0.245. The standard InChI is InChI=1S/C27H28N4O2/c1-20-8-6-13-26(28-20)31-16-14-30(15-17-31)19-25-21(2)32-27(29-25)22-9-7-12-24(18-22)33-23-10-4-3-5-11-23/h3-13,18H,14-17,19H2,1-2H3. The minimum absolute atomic E-state index is 0.628. The second-order valence-electron chi connectivity index (χ2n) is 8.37. The molecule has 0 bridgehead atoms. The van der Waals surface area contributed by atoms with Gasteiger partial charge in [-0.1, -0.05) is 30.3 Å². The molecular weight excluding hydrogens is 412 g/mol. The molecule has 2 aromatic heterocycles. The van der Waals surface area contributed by atoms with Crippen LogP contribution in [0, 0.1) is 13.8 Å². The van der Waals surface area contributed by atoms with Crippen molar-refractivity contribution in [2.45, 2.75) is 20.4 Å². The molecular formula is C27H28N4O2. The summed E-state index contributed by atoms with van der Waals surface area (Å²) in [6, 6.07) is 23.8. The number of nitrogens with zero attached hydrogens (tertiary/aromatic N) is 4. The summed E-state index contributed by atoms with van der Waals surface area (Å²) in [7, 11) is 0. The van der Waals surface area contributed by atoms with E-state index >= 15 is 0 Å². The molecule has 1 aliphatic heterocycles. The highest BCUT2D eigenvalue weighted by Crippen LogP contribution is 2.28. The molecule has 0 unspecified atom stereocenters. The Labute approximate surface area is 194 Å². The van der Waals surface area contributed by atoms with Crippen LogP contribution in [-0.2, 0) is 6.54 Å². The van der Waals surface area contributed by atoms with E-state index in [-0.39, 0.29) is 0 Å². The van der Waals surface area contributed by atoms with Gasteiger partial charge in [0, 0.05) is 44.0 Å². The minimum Gasteiger partial charge on any atom is -0.457 e. The molecule has 0 N–H and O–H groups in total. The molecule has 0 spiro atoms. The van der Waals surface area contributed by atoms with Gasteiger partial charge in [-0.25, -0.2) is 9.97 Å². The normalized spacial score (nSPS) is 14.4. The van der Waals surface area contributed by atoms with Crippen LogP contribution in [0.5, 0.6) is 11.5 Å². The summed E-state index contributed by atoms with van der Waals surface area (Å²) in [6.45, 7) is 8.66. The van der Waals surface area contributed by atoms with Crippen molar-refractivity contribution in [3.8, 4) is 23.0 Å². The predicted octanol–water partition coefficient (Wildman–Crippen LogP) is 5.47. The third-order valence-electron chi connectivity index (χ3n) is 5.90. The SMILES string of the molecule is Cc1cccc(N2CCN(Cc3nc(-c4cccc(Oc5ccccc5)c4)oc3C)CC2)n1. The first-order chi connectivity index (χ1) is 16.1. The highest BCUT2D eigenvalue weighted by Gasteiger charge is 2.21. The van der Waals surface area contributed by atoms with Crippen molar-refractivity contribution in [1.29, 1.82) is 0 Å². The van der Waals surface area contributed by atoms with Crippen LogP contribution in [0.1, 0.15) is 17.1 Å². The number of aromatic nitrogens is 2.